The Labute approximate surface area is 120 Å². The van der Waals surface area contributed by atoms with E-state index in [4.69, 9.17) is 4.74 Å². The summed E-state index contributed by atoms with van der Waals surface area (Å²) in [7, 11) is 1.70. The molecule has 1 unspecified atom stereocenters. The molecule has 0 spiro atoms. The summed E-state index contributed by atoms with van der Waals surface area (Å²) in [5.41, 5.74) is 2.69. The summed E-state index contributed by atoms with van der Waals surface area (Å²) < 4.78 is 5.31. The first-order valence-corrected chi connectivity index (χ1v) is 7.38. The number of amides is 1. The molecule has 0 aromatic heterocycles. The quantitative estimate of drug-likeness (QED) is 0.837. The van der Waals surface area contributed by atoms with Gasteiger partial charge in [0.2, 0.25) is 5.91 Å². The number of fused-ring (bicyclic) bond motifs is 1. The minimum absolute atomic E-state index is 0.155. The lowest BCUT2D eigenvalue weighted by molar-refractivity contribution is -0.121. The maximum absolute atomic E-state index is 11.5. The van der Waals surface area contributed by atoms with Crippen molar-refractivity contribution < 1.29 is 9.53 Å². The highest BCUT2D eigenvalue weighted by molar-refractivity contribution is 5.75. The summed E-state index contributed by atoms with van der Waals surface area (Å²) in [6.07, 6.45) is 2.48. The predicted molar refractivity (Wildman–Crippen MR) is 80.0 cm³/mol. The van der Waals surface area contributed by atoms with Gasteiger partial charge in [0.15, 0.2) is 0 Å². The zero-order valence-corrected chi connectivity index (χ0v) is 12.4. The van der Waals surface area contributed by atoms with Gasteiger partial charge in [0.05, 0.1) is 7.11 Å². The van der Waals surface area contributed by atoms with Gasteiger partial charge in [-0.25, -0.2) is 0 Å². The summed E-state index contributed by atoms with van der Waals surface area (Å²) >= 11 is 0. The first kappa shape index (κ1) is 14.9. The molecule has 0 saturated heterocycles. The average molecular weight is 276 g/mol. The fourth-order valence-corrected chi connectivity index (χ4v) is 2.69. The van der Waals surface area contributed by atoms with Crippen LogP contribution in [0.5, 0.6) is 5.75 Å². The number of hydrogen-bond donors (Lipinski definition) is 2. The van der Waals surface area contributed by atoms with Gasteiger partial charge in [-0.2, -0.15) is 0 Å². The number of ether oxygens (including phenoxy) is 1. The van der Waals surface area contributed by atoms with Crippen LogP contribution in [0.15, 0.2) is 18.2 Å². The molecule has 110 valence electrons. The van der Waals surface area contributed by atoms with Gasteiger partial charge in [0, 0.05) is 26.1 Å². The van der Waals surface area contributed by atoms with Gasteiger partial charge in [-0.3, -0.25) is 4.79 Å². The van der Waals surface area contributed by atoms with Crippen molar-refractivity contribution in [3.05, 3.63) is 29.3 Å². The van der Waals surface area contributed by atoms with Gasteiger partial charge in [0.25, 0.3) is 0 Å². The summed E-state index contributed by atoms with van der Waals surface area (Å²) in [6.45, 7) is 4.64. The molecule has 2 N–H and O–H groups in total. The Balaban J connectivity index is 1.95. The van der Waals surface area contributed by atoms with E-state index in [0.29, 0.717) is 12.3 Å². The SMILES string of the molecule is CCCC(=O)NCCC1CNCc2ccc(OC)cc21. The minimum Gasteiger partial charge on any atom is -0.497 e. The second-order valence-corrected chi connectivity index (χ2v) is 5.28. The molecule has 2 rings (SSSR count). The van der Waals surface area contributed by atoms with Crippen LogP contribution >= 0.6 is 0 Å². The molecule has 0 fully saturated rings. The minimum atomic E-state index is 0.155. The predicted octanol–water partition coefficient (Wildman–Crippen LogP) is 2.19. The Bertz CT molecular complexity index is 460. The van der Waals surface area contributed by atoms with Crippen molar-refractivity contribution in [2.24, 2.45) is 0 Å². The maximum Gasteiger partial charge on any atom is 0.219 e. The Morgan fingerprint density at radius 1 is 1.50 bits per heavy atom. The van der Waals surface area contributed by atoms with E-state index in [2.05, 4.69) is 22.8 Å². The topological polar surface area (TPSA) is 50.4 Å². The number of benzene rings is 1. The fourth-order valence-electron chi connectivity index (χ4n) is 2.69. The molecule has 1 aliphatic rings. The lowest BCUT2D eigenvalue weighted by Gasteiger charge is -2.27. The van der Waals surface area contributed by atoms with E-state index in [-0.39, 0.29) is 5.91 Å². The Morgan fingerprint density at radius 2 is 2.35 bits per heavy atom. The number of carbonyl (C=O) groups excluding carboxylic acids is 1. The monoisotopic (exact) mass is 276 g/mol. The van der Waals surface area contributed by atoms with Crippen LogP contribution in [-0.2, 0) is 11.3 Å². The van der Waals surface area contributed by atoms with E-state index in [1.807, 2.05) is 13.0 Å². The summed E-state index contributed by atoms with van der Waals surface area (Å²) in [6, 6.07) is 6.27. The molecule has 1 aromatic rings. The molecule has 4 heteroatoms. The van der Waals surface area contributed by atoms with E-state index in [1.165, 1.54) is 11.1 Å². The van der Waals surface area contributed by atoms with Crippen LogP contribution in [0, 0.1) is 0 Å². The van der Waals surface area contributed by atoms with Crippen LogP contribution < -0.4 is 15.4 Å². The third kappa shape index (κ3) is 3.73. The van der Waals surface area contributed by atoms with Gasteiger partial charge in [-0.15, -0.1) is 0 Å². The molecular formula is C16H24N2O2. The average Bonchev–Trinajstić information content (AvgIpc) is 2.47. The van der Waals surface area contributed by atoms with Crippen molar-refractivity contribution in [1.29, 1.82) is 0 Å². The number of carbonyl (C=O) groups is 1. The van der Waals surface area contributed by atoms with Crippen LogP contribution in [0.25, 0.3) is 0 Å². The molecule has 0 aliphatic carbocycles. The molecule has 1 aromatic carbocycles. The lowest BCUT2D eigenvalue weighted by atomic mass is 9.88. The highest BCUT2D eigenvalue weighted by Crippen LogP contribution is 2.29. The lowest BCUT2D eigenvalue weighted by Crippen LogP contribution is -2.31. The van der Waals surface area contributed by atoms with Crippen molar-refractivity contribution in [3.8, 4) is 5.75 Å². The molecule has 0 bridgehead atoms. The van der Waals surface area contributed by atoms with Crippen molar-refractivity contribution in [3.63, 3.8) is 0 Å². The van der Waals surface area contributed by atoms with Gasteiger partial charge in [-0.05, 0) is 42.0 Å². The first-order chi connectivity index (χ1) is 9.74. The molecule has 20 heavy (non-hydrogen) atoms. The number of nitrogens with one attached hydrogen (secondary N) is 2. The van der Waals surface area contributed by atoms with Crippen LogP contribution in [0.1, 0.15) is 43.2 Å². The molecule has 0 radical (unpaired) electrons. The van der Waals surface area contributed by atoms with E-state index < -0.39 is 0 Å². The molecule has 4 nitrogen and oxygen atoms in total. The molecule has 0 saturated carbocycles. The van der Waals surface area contributed by atoms with Crippen molar-refractivity contribution in [1.82, 2.24) is 10.6 Å². The van der Waals surface area contributed by atoms with Gasteiger partial charge >= 0.3 is 0 Å². The number of hydrogen-bond acceptors (Lipinski definition) is 3. The van der Waals surface area contributed by atoms with Crippen LogP contribution in [0.4, 0.5) is 0 Å². The molecular weight excluding hydrogens is 252 g/mol. The maximum atomic E-state index is 11.5. The Hall–Kier alpha value is -1.55. The van der Waals surface area contributed by atoms with Crippen LogP contribution in [0.3, 0.4) is 0 Å². The van der Waals surface area contributed by atoms with E-state index in [9.17, 15) is 4.79 Å². The van der Waals surface area contributed by atoms with Crippen molar-refractivity contribution >= 4 is 5.91 Å². The molecule has 1 atom stereocenters. The normalized spacial score (nSPS) is 17.4. The number of methoxy groups -OCH3 is 1. The largest absolute Gasteiger partial charge is 0.497 e. The third-order valence-electron chi connectivity index (χ3n) is 3.79. The first-order valence-electron chi connectivity index (χ1n) is 7.38. The summed E-state index contributed by atoms with van der Waals surface area (Å²) in [5, 5.41) is 6.43. The van der Waals surface area contributed by atoms with E-state index in [0.717, 1.165) is 38.2 Å². The second kappa shape index (κ2) is 7.29. The van der Waals surface area contributed by atoms with E-state index >= 15 is 0 Å². The van der Waals surface area contributed by atoms with Gasteiger partial charge in [0.1, 0.15) is 5.75 Å². The molecule has 1 heterocycles. The molecule has 1 aliphatic heterocycles. The summed E-state index contributed by atoms with van der Waals surface area (Å²) in [5.74, 6) is 1.50. The van der Waals surface area contributed by atoms with E-state index in [1.54, 1.807) is 7.11 Å². The van der Waals surface area contributed by atoms with Gasteiger partial charge < -0.3 is 15.4 Å². The fraction of sp³-hybridized carbons (Fsp3) is 0.562. The number of rotatable bonds is 6. The van der Waals surface area contributed by atoms with Crippen LogP contribution in [0.2, 0.25) is 0 Å². The molecule has 1 amide bonds. The zero-order chi connectivity index (χ0) is 14.4. The van der Waals surface area contributed by atoms with Crippen molar-refractivity contribution in [2.75, 3.05) is 20.2 Å². The third-order valence-corrected chi connectivity index (χ3v) is 3.79. The highest BCUT2D eigenvalue weighted by atomic mass is 16.5. The highest BCUT2D eigenvalue weighted by Gasteiger charge is 2.20. The second-order valence-electron chi connectivity index (χ2n) is 5.28. The standard InChI is InChI=1S/C16H24N2O2/c1-3-4-16(19)18-8-7-13-11-17-10-12-5-6-14(20-2)9-15(12)13/h5-6,9,13,17H,3-4,7-8,10-11H2,1-2H3,(H,18,19). The van der Waals surface area contributed by atoms with Crippen molar-refractivity contribution in [2.45, 2.75) is 38.6 Å². The zero-order valence-electron chi connectivity index (χ0n) is 12.4. The van der Waals surface area contributed by atoms with Crippen LogP contribution in [-0.4, -0.2) is 26.1 Å². The Kier molecular flexibility index (Phi) is 5.41. The Morgan fingerprint density at radius 3 is 3.10 bits per heavy atom. The smallest absolute Gasteiger partial charge is 0.219 e. The summed E-state index contributed by atoms with van der Waals surface area (Å²) in [4.78, 5) is 11.5. The van der Waals surface area contributed by atoms with Gasteiger partial charge in [-0.1, -0.05) is 13.0 Å².